The van der Waals surface area contributed by atoms with Crippen LogP contribution in [0, 0.1) is 0 Å². The number of Topliss-reactive ketones (excluding diaryl/α,β-unsaturated/α-hetero) is 1. The predicted octanol–water partition coefficient (Wildman–Crippen LogP) is 2.60. The lowest BCUT2D eigenvalue weighted by Crippen LogP contribution is -2.37. The zero-order chi connectivity index (χ0) is 11.3. The van der Waals surface area contributed by atoms with Crippen LogP contribution >= 0.6 is 0 Å². The van der Waals surface area contributed by atoms with Crippen LogP contribution in [-0.4, -0.2) is 30.3 Å². The molecule has 0 aliphatic heterocycles. The summed E-state index contributed by atoms with van der Waals surface area (Å²) in [6.45, 7) is 5.02. The monoisotopic (exact) mass is 205 g/mol. The van der Waals surface area contributed by atoms with Gasteiger partial charge in [-0.3, -0.25) is 9.69 Å². The fraction of sp³-hybridized carbons (Fsp3) is 0.462. The average molecular weight is 205 g/mol. The molecule has 1 rings (SSSR count). The number of likely N-dealkylation sites (N-methyl/N-ethyl adjacent to an activating group) is 1. The van der Waals surface area contributed by atoms with E-state index in [9.17, 15) is 4.79 Å². The Labute approximate surface area is 91.9 Å². The molecule has 1 aromatic carbocycles. The molecule has 0 amide bonds. The number of carbonyl (C=O) groups excluding carboxylic acids is 1. The van der Waals surface area contributed by atoms with Crippen LogP contribution in [0.3, 0.4) is 0 Å². The van der Waals surface area contributed by atoms with Crippen LogP contribution in [0.5, 0.6) is 0 Å². The number of rotatable bonds is 5. The Balaban J connectivity index is 2.83. The van der Waals surface area contributed by atoms with Crippen molar-refractivity contribution < 1.29 is 4.79 Å². The molecule has 1 unspecified atom stereocenters. The van der Waals surface area contributed by atoms with Gasteiger partial charge >= 0.3 is 0 Å². The van der Waals surface area contributed by atoms with Crippen LogP contribution in [0.1, 0.15) is 30.6 Å². The van der Waals surface area contributed by atoms with E-state index in [1.54, 1.807) is 0 Å². The fourth-order valence-corrected chi connectivity index (χ4v) is 1.71. The van der Waals surface area contributed by atoms with E-state index in [0.29, 0.717) is 0 Å². The topological polar surface area (TPSA) is 20.3 Å². The maximum Gasteiger partial charge on any atom is 0.179 e. The van der Waals surface area contributed by atoms with E-state index < -0.39 is 0 Å². The summed E-state index contributed by atoms with van der Waals surface area (Å²) in [4.78, 5) is 14.2. The van der Waals surface area contributed by atoms with Crippen LogP contribution in [0.2, 0.25) is 0 Å². The van der Waals surface area contributed by atoms with E-state index in [1.807, 2.05) is 37.4 Å². The zero-order valence-electron chi connectivity index (χ0n) is 9.73. The Morgan fingerprint density at radius 2 is 1.87 bits per heavy atom. The van der Waals surface area contributed by atoms with Gasteiger partial charge in [0.05, 0.1) is 6.04 Å². The summed E-state index contributed by atoms with van der Waals surface area (Å²) in [5.74, 6) is 0.224. The molecule has 0 bridgehead atoms. The van der Waals surface area contributed by atoms with Crippen molar-refractivity contribution in [3.05, 3.63) is 35.9 Å². The molecule has 0 aliphatic rings. The summed E-state index contributed by atoms with van der Waals surface area (Å²) in [6.07, 6.45) is 0.859. The molecule has 0 aromatic heterocycles. The lowest BCUT2D eigenvalue weighted by molar-refractivity contribution is 0.0852. The van der Waals surface area contributed by atoms with Crippen molar-refractivity contribution in [3.8, 4) is 0 Å². The lowest BCUT2D eigenvalue weighted by atomic mass is 10.0. The van der Waals surface area contributed by atoms with Crippen molar-refractivity contribution in [3.63, 3.8) is 0 Å². The van der Waals surface area contributed by atoms with Crippen molar-refractivity contribution >= 4 is 5.78 Å². The third-order valence-corrected chi connectivity index (χ3v) is 2.78. The second kappa shape index (κ2) is 5.66. The van der Waals surface area contributed by atoms with Gasteiger partial charge in [-0.2, -0.15) is 0 Å². The van der Waals surface area contributed by atoms with Crippen LogP contribution < -0.4 is 0 Å². The molecule has 82 valence electrons. The van der Waals surface area contributed by atoms with E-state index in [0.717, 1.165) is 18.5 Å². The minimum absolute atomic E-state index is 0.0115. The van der Waals surface area contributed by atoms with Gasteiger partial charge in [0.15, 0.2) is 5.78 Å². The van der Waals surface area contributed by atoms with Gasteiger partial charge in [-0.05, 0) is 20.0 Å². The number of benzene rings is 1. The summed E-state index contributed by atoms with van der Waals surface area (Å²) >= 11 is 0. The molecule has 0 radical (unpaired) electrons. The average Bonchev–Trinajstić information content (AvgIpc) is 2.30. The molecule has 0 N–H and O–H groups in total. The molecule has 1 aromatic rings. The highest BCUT2D eigenvalue weighted by Crippen LogP contribution is 2.10. The minimum atomic E-state index is 0.0115. The first-order valence-corrected chi connectivity index (χ1v) is 5.50. The van der Waals surface area contributed by atoms with E-state index in [2.05, 4.69) is 18.7 Å². The number of ketones is 1. The van der Waals surface area contributed by atoms with Crippen LogP contribution in [0.4, 0.5) is 0 Å². The van der Waals surface area contributed by atoms with E-state index in [1.165, 1.54) is 0 Å². The van der Waals surface area contributed by atoms with Crippen molar-refractivity contribution in [1.29, 1.82) is 0 Å². The van der Waals surface area contributed by atoms with Gasteiger partial charge < -0.3 is 0 Å². The summed E-state index contributed by atoms with van der Waals surface area (Å²) in [7, 11) is 2.00. The van der Waals surface area contributed by atoms with Gasteiger partial charge in [-0.15, -0.1) is 0 Å². The van der Waals surface area contributed by atoms with E-state index >= 15 is 0 Å². The maximum atomic E-state index is 12.1. The molecule has 0 aliphatic carbocycles. The molecule has 2 nitrogen and oxygen atoms in total. The third-order valence-electron chi connectivity index (χ3n) is 2.78. The van der Waals surface area contributed by atoms with E-state index in [4.69, 9.17) is 0 Å². The number of nitrogens with zero attached hydrogens (tertiary/aromatic N) is 1. The first-order chi connectivity index (χ1) is 7.20. The Kier molecular flexibility index (Phi) is 4.50. The Morgan fingerprint density at radius 3 is 2.33 bits per heavy atom. The van der Waals surface area contributed by atoms with Crippen molar-refractivity contribution in [2.75, 3.05) is 13.6 Å². The second-order valence-electron chi connectivity index (χ2n) is 3.73. The van der Waals surface area contributed by atoms with Gasteiger partial charge in [-0.1, -0.05) is 44.2 Å². The number of carbonyl (C=O) groups is 1. The van der Waals surface area contributed by atoms with Gasteiger partial charge in [-0.25, -0.2) is 0 Å². The van der Waals surface area contributed by atoms with Crippen molar-refractivity contribution in [2.24, 2.45) is 0 Å². The molecule has 0 saturated carbocycles. The minimum Gasteiger partial charge on any atom is -0.297 e. The Hall–Kier alpha value is -1.15. The van der Waals surface area contributed by atoms with Crippen molar-refractivity contribution in [1.82, 2.24) is 4.90 Å². The quantitative estimate of drug-likeness (QED) is 0.689. The standard InChI is InChI=1S/C13H19NO/c1-4-12(14(3)5-2)13(15)11-9-7-6-8-10-11/h6-10,12H,4-5H2,1-3H3. The molecule has 0 fully saturated rings. The normalized spacial score (nSPS) is 12.8. The second-order valence-corrected chi connectivity index (χ2v) is 3.73. The Morgan fingerprint density at radius 1 is 1.27 bits per heavy atom. The summed E-state index contributed by atoms with van der Waals surface area (Å²) < 4.78 is 0. The molecule has 15 heavy (non-hydrogen) atoms. The number of hydrogen-bond donors (Lipinski definition) is 0. The molecule has 1 atom stereocenters. The summed E-state index contributed by atoms with van der Waals surface area (Å²) in [5.41, 5.74) is 0.810. The first-order valence-electron chi connectivity index (χ1n) is 5.50. The van der Waals surface area contributed by atoms with E-state index in [-0.39, 0.29) is 11.8 Å². The third kappa shape index (κ3) is 2.90. The lowest BCUT2D eigenvalue weighted by Gasteiger charge is -2.24. The predicted molar refractivity (Wildman–Crippen MR) is 63.2 cm³/mol. The zero-order valence-corrected chi connectivity index (χ0v) is 9.73. The van der Waals surface area contributed by atoms with Gasteiger partial charge in [0.2, 0.25) is 0 Å². The Bertz CT molecular complexity index is 308. The smallest absolute Gasteiger partial charge is 0.179 e. The first kappa shape index (κ1) is 11.9. The molecular formula is C13H19NO. The van der Waals surface area contributed by atoms with Crippen LogP contribution in [0.15, 0.2) is 30.3 Å². The van der Waals surface area contributed by atoms with Gasteiger partial charge in [0.1, 0.15) is 0 Å². The molecular weight excluding hydrogens is 186 g/mol. The van der Waals surface area contributed by atoms with Gasteiger partial charge in [0.25, 0.3) is 0 Å². The summed E-state index contributed by atoms with van der Waals surface area (Å²) in [6, 6.07) is 9.53. The SMILES string of the molecule is CCC(C(=O)c1ccccc1)N(C)CC. The molecule has 2 heteroatoms. The largest absolute Gasteiger partial charge is 0.297 e. The maximum absolute atomic E-state index is 12.1. The fourth-order valence-electron chi connectivity index (χ4n) is 1.71. The highest BCUT2D eigenvalue weighted by molar-refractivity contribution is 6.00. The molecule has 0 saturated heterocycles. The molecule has 0 heterocycles. The molecule has 0 spiro atoms. The van der Waals surface area contributed by atoms with Crippen LogP contribution in [0.25, 0.3) is 0 Å². The van der Waals surface area contributed by atoms with Gasteiger partial charge in [0, 0.05) is 5.56 Å². The summed E-state index contributed by atoms with van der Waals surface area (Å²) in [5, 5.41) is 0. The highest BCUT2D eigenvalue weighted by Gasteiger charge is 2.20. The van der Waals surface area contributed by atoms with Crippen molar-refractivity contribution in [2.45, 2.75) is 26.3 Å². The number of hydrogen-bond acceptors (Lipinski definition) is 2. The highest BCUT2D eigenvalue weighted by atomic mass is 16.1. The van der Waals surface area contributed by atoms with Crippen LogP contribution in [-0.2, 0) is 0 Å².